The maximum Gasteiger partial charge on any atom is 0.237 e. The van der Waals surface area contributed by atoms with Crippen LogP contribution in [0.15, 0.2) is 35.1 Å². The van der Waals surface area contributed by atoms with Crippen molar-refractivity contribution in [2.45, 2.75) is 48.1 Å². The Morgan fingerprint density at radius 3 is 2.32 bits per heavy atom. The van der Waals surface area contributed by atoms with Gasteiger partial charge in [-0.2, -0.15) is 0 Å². The SMILES string of the molecule is CC(C)C.COc1ncc(-c2c(C)noc2C)cc1NCc1ccc(C)nc1. The van der Waals surface area contributed by atoms with E-state index in [4.69, 9.17) is 9.26 Å². The van der Waals surface area contributed by atoms with Gasteiger partial charge in [0.05, 0.1) is 18.5 Å². The van der Waals surface area contributed by atoms with Crippen molar-refractivity contribution in [3.05, 3.63) is 53.3 Å². The van der Waals surface area contributed by atoms with Crippen molar-refractivity contribution in [2.24, 2.45) is 5.92 Å². The number of hydrogen-bond acceptors (Lipinski definition) is 6. The minimum absolute atomic E-state index is 0.547. The summed E-state index contributed by atoms with van der Waals surface area (Å²) >= 11 is 0. The summed E-state index contributed by atoms with van der Waals surface area (Å²) in [5.74, 6) is 2.15. The molecule has 0 unspecified atom stereocenters. The average molecular weight is 383 g/mol. The van der Waals surface area contributed by atoms with E-state index in [0.717, 1.165) is 45.4 Å². The zero-order valence-corrected chi connectivity index (χ0v) is 17.8. The van der Waals surface area contributed by atoms with Gasteiger partial charge >= 0.3 is 0 Å². The van der Waals surface area contributed by atoms with Crippen LogP contribution < -0.4 is 10.1 Å². The zero-order valence-electron chi connectivity index (χ0n) is 17.8. The molecule has 150 valence electrons. The van der Waals surface area contributed by atoms with Crippen LogP contribution >= 0.6 is 0 Å². The lowest BCUT2D eigenvalue weighted by atomic mass is 10.1. The van der Waals surface area contributed by atoms with Gasteiger partial charge in [0.1, 0.15) is 5.76 Å². The van der Waals surface area contributed by atoms with Crippen LogP contribution in [0, 0.1) is 26.7 Å². The van der Waals surface area contributed by atoms with Crippen molar-refractivity contribution in [1.82, 2.24) is 15.1 Å². The third-order valence-corrected chi connectivity index (χ3v) is 3.82. The van der Waals surface area contributed by atoms with Gasteiger partial charge in [-0.15, -0.1) is 0 Å². The molecule has 0 spiro atoms. The van der Waals surface area contributed by atoms with Crippen molar-refractivity contribution in [3.8, 4) is 17.0 Å². The van der Waals surface area contributed by atoms with Crippen molar-refractivity contribution in [1.29, 1.82) is 0 Å². The first-order valence-electron chi connectivity index (χ1n) is 9.44. The summed E-state index contributed by atoms with van der Waals surface area (Å²) in [7, 11) is 1.61. The van der Waals surface area contributed by atoms with Gasteiger partial charge in [-0.3, -0.25) is 4.98 Å². The second kappa shape index (κ2) is 9.88. The Hall–Kier alpha value is -2.89. The van der Waals surface area contributed by atoms with E-state index in [0.29, 0.717) is 12.4 Å². The number of hydrogen-bond donors (Lipinski definition) is 1. The lowest BCUT2D eigenvalue weighted by Crippen LogP contribution is -2.03. The predicted octanol–water partition coefficient (Wildman–Crippen LogP) is 5.34. The van der Waals surface area contributed by atoms with E-state index in [9.17, 15) is 0 Å². The summed E-state index contributed by atoms with van der Waals surface area (Å²) in [6.45, 7) is 12.9. The van der Waals surface area contributed by atoms with Gasteiger partial charge in [0.25, 0.3) is 0 Å². The molecule has 6 heteroatoms. The first-order chi connectivity index (χ1) is 13.3. The van der Waals surface area contributed by atoms with E-state index in [1.807, 2.05) is 45.2 Å². The van der Waals surface area contributed by atoms with Crippen LogP contribution in [-0.4, -0.2) is 22.2 Å². The molecule has 0 fully saturated rings. The summed E-state index contributed by atoms with van der Waals surface area (Å²) in [4.78, 5) is 8.70. The maximum atomic E-state index is 5.36. The molecule has 0 atom stereocenters. The first kappa shape index (κ1) is 21.4. The van der Waals surface area contributed by atoms with Crippen LogP contribution in [0.5, 0.6) is 5.88 Å². The molecule has 1 N–H and O–H groups in total. The summed E-state index contributed by atoms with van der Waals surface area (Å²) in [6, 6.07) is 6.04. The van der Waals surface area contributed by atoms with Crippen molar-refractivity contribution in [3.63, 3.8) is 0 Å². The molecular formula is C22H30N4O2. The van der Waals surface area contributed by atoms with E-state index < -0.39 is 0 Å². The van der Waals surface area contributed by atoms with Crippen LogP contribution in [0.4, 0.5) is 5.69 Å². The lowest BCUT2D eigenvalue weighted by Gasteiger charge is -2.12. The number of aromatic nitrogens is 3. The van der Waals surface area contributed by atoms with Crippen LogP contribution in [0.2, 0.25) is 0 Å². The average Bonchev–Trinajstić information content (AvgIpc) is 2.99. The molecule has 28 heavy (non-hydrogen) atoms. The normalized spacial score (nSPS) is 10.4. The predicted molar refractivity (Wildman–Crippen MR) is 113 cm³/mol. The fourth-order valence-electron chi connectivity index (χ4n) is 2.57. The summed E-state index contributed by atoms with van der Waals surface area (Å²) < 4.78 is 10.6. The van der Waals surface area contributed by atoms with Gasteiger partial charge in [0.15, 0.2) is 0 Å². The topological polar surface area (TPSA) is 73.1 Å². The summed E-state index contributed by atoms with van der Waals surface area (Å²) in [6.07, 6.45) is 3.63. The molecule has 3 heterocycles. The number of nitrogens with one attached hydrogen (secondary N) is 1. The molecule has 3 rings (SSSR count). The van der Waals surface area contributed by atoms with Gasteiger partial charge in [-0.1, -0.05) is 32.0 Å². The molecule has 3 aromatic heterocycles. The quantitative estimate of drug-likeness (QED) is 0.642. The van der Waals surface area contributed by atoms with Gasteiger partial charge in [-0.05, 0) is 44.4 Å². The highest BCUT2D eigenvalue weighted by atomic mass is 16.5. The Balaban J connectivity index is 0.000000640. The molecule has 0 amide bonds. The molecular weight excluding hydrogens is 352 g/mol. The van der Waals surface area contributed by atoms with Crippen molar-refractivity contribution < 1.29 is 9.26 Å². The first-order valence-corrected chi connectivity index (χ1v) is 9.44. The van der Waals surface area contributed by atoms with Gasteiger partial charge in [-0.25, -0.2) is 4.98 Å². The molecule has 0 saturated heterocycles. The highest BCUT2D eigenvalue weighted by molar-refractivity contribution is 5.72. The molecule has 0 radical (unpaired) electrons. The molecule has 0 bridgehead atoms. The van der Waals surface area contributed by atoms with Crippen LogP contribution in [0.3, 0.4) is 0 Å². The Morgan fingerprint density at radius 1 is 1.07 bits per heavy atom. The molecule has 0 aliphatic carbocycles. The minimum Gasteiger partial charge on any atom is -0.480 e. The lowest BCUT2D eigenvalue weighted by molar-refractivity contribution is 0.393. The number of rotatable bonds is 5. The molecule has 0 saturated carbocycles. The fraction of sp³-hybridized carbons (Fsp3) is 0.409. The Labute approximate surface area is 167 Å². The maximum absolute atomic E-state index is 5.36. The van der Waals surface area contributed by atoms with Gasteiger partial charge < -0.3 is 14.6 Å². The highest BCUT2D eigenvalue weighted by Crippen LogP contribution is 2.32. The van der Waals surface area contributed by atoms with E-state index in [1.54, 1.807) is 13.3 Å². The number of anilines is 1. The van der Waals surface area contributed by atoms with Crippen LogP contribution in [-0.2, 0) is 6.54 Å². The van der Waals surface area contributed by atoms with E-state index in [-0.39, 0.29) is 0 Å². The number of ether oxygens (including phenoxy) is 1. The largest absolute Gasteiger partial charge is 0.480 e. The third kappa shape index (κ3) is 5.81. The molecule has 6 nitrogen and oxygen atoms in total. The standard InChI is InChI=1S/C18H20N4O2.C4H10/c1-11-5-6-14(8-19-11)9-20-16-7-15(10-21-18(16)23-4)17-12(2)22-24-13(17)3;1-4(2)3/h5-8,10,20H,9H2,1-4H3;4H,1-3H3. The van der Waals surface area contributed by atoms with Gasteiger partial charge in [0, 0.05) is 35.8 Å². The second-order valence-electron chi connectivity index (χ2n) is 7.37. The van der Waals surface area contributed by atoms with E-state index in [1.165, 1.54) is 0 Å². The monoisotopic (exact) mass is 382 g/mol. The van der Waals surface area contributed by atoms with Crippen molar-refractivity contribution >= 4 is 5.69 Å². The number of nitrogens with zero attached hydrogens (tertiary/aromatic N) is 3. The molecule has 0 aliphatic rings. The number of pyridine rings is 2. The molecule has 0 aliphatic heterocycles. The zero-order chi connectivity index (χ0) is 20.7. The number of aryl methyl sites for hydroxylation is 3. The fourth-order valence-corrected chi connectivity index (χ4v) is 2.57. The Bertz CT molecular complexity index is 864. The van der Waals surface area contributed by atoms with Crippen LogP contribution in [0.25, 0.3) is 11.1 Å². The highest BCUT2D eigenvalue weighted by Gasteiger charge is 2.14. The summed E-state index contributed by atoms with van der Waals surface area (Å²) in [5, 5.41) is 7.37. The number of methoxy groups -OCH3 is 1. The minimum atomic E-state index is 0.547. The molecule has 3 aromatic rings. The van der Waals surface area contributed by atoms with Crippen molar-refractivity contribution in [2.75, 3.05) is 12.4 Å². The van der Waals surface area contributed by atoms with Crippen LogP contribution in [0.1, 0.15) is 43.5 Å². The summed E-state index contributed by atoms with van der Waals surface area (Å²) in [5.41, 5.74) is 5.65. The third-order valence-electron chi connectivity index (χ3n) is 3.82. The van der Waals surface area contributed by atoms with E-state index >= 15 is 0 Å². The smallest absolute Gasteiger partial charge is 0.237 e. The van der Waals surface area contributed by atoms with E-state index in [2.05, 4.69) is 41.2 Å². The van der Waals surface area contributed by atoms with Gasteiger partial charge in [0.2, 0.25) is 5.88 Å². The second-order valence-corrected chi connectivity index (χ2v) is 7.37. The Kier molecular flexibility index (Phi) is 7.55. The molecule has 0 aromatic carbocycles. The Morgan fingerprint density at radius 2 is 1.79 bits per heavy atom.